The van der Waals surface area contributed by atoms with Crippen LogP contribution in [0.5, 0.6) is 0 Å². The standard InChI is InChI=1S/C19H35NO5S/c1-18(2)6-11(7-18)20-10-5-13(19(3,4)8-10)26-17-16(24)15(23)14(22)12(9-21)25-17/h10-17,20-24H,5-9H2,1-4H3/t10?,12-,13?,14+,15+,16-,17+/m1/s1. The SMILES string of the molecule is CC1(C)CC(NC2CC(S[C@@H]3O[C@H](CO)[C@H](O)[C@H](O)[C@H]3O)C(C)(C)C2)C1. The molecule has 0 spiro atoms. The largest absolute Gasteiger partial charge is 0.394 e. The fourth-order valence-corrected chi connectivity index (χ4v) is 6.52. The number of ether oxygens (including phenoxy) is 1. The number of hydrogen-bond acceptors (Lipinski definition) is 7. The predicted octanol–water partition coefficient (Wildman–Crippen LogP) is 0.855. The van der Waals surface area contributed by atoms with Gasteiger partial charge in [0.05, 0.1) is 6.61 Å². The number of thioether (sulfide) groups is 1. The number of aliphatic hydroxyl groups is 4. The lowest BCUT2D eigenvalue weighted by Crippen LogP contribution is -2.58. The number of nitrogens with one attached hydrogen (secondary N) is 1. The van der Waals surface area contributed by atoms with Crippen LogP contribution in [-0.4, -0.2) is 74.2 Å². The Morgan fingerprint density at radius 1 is 0.962 bits per heavy atom. The fraction of sp³-hybridized carbons (Fsp3) is 1.00. The van der Waals surface area contributed by atoms with E-state index in [1.807, 2.05) is 0 Å². The van der Waals surface area contributed by atoms with E-state index in [9.17, 15) is 20.4 Å². The average molecular weight is 390 g/mol. The first kappa shape index (κ1) is 20.8. The van der Waals surface area contributed by atoms with E-state index in [1.165, 1.54) is 24.6 Å². The molecule has 0 radical (unpaired) electrons. The van der Waals surface area contributed by atoms with E-state index in [1.54, 1.807) is 0 Å². The summed E-state index contributed by atoms with van der Waals surface area (Å²) in [4.78, 5) is 0. The van der Waals surface area contributed by atoms with E-state index in [-0.39, 0.29) is 17.3 Å². The van der Waals surface area contributed by atoms with E-state index in [2.05, 4.69) is 33.0 Å². The van der Waals surface area contributed by atoms with Gasteiger partial charge in [0, 0.05) is 17.3 Å². The first-order valence-corrected chi connectivity index (χ1v) is 10.7. The first-order chi connectivity index (χ1) is 12.0. The summed E-state index contributed by atoms with van der Waals surface area (Å²) in [6.07, 6.45) is -0.0885. The Kier molecular flexibility index (Phi) is 6.01. The maximum atomic E-state index is 10.3. The summed E-state index contributed by atoms with van der Waals surface area (Å²) in [5.74, 6) is 0. The fourth-order valence-electron chi connectivity index (χ4n) is 4.86. The molecule has 152 valence electrons. The second-order valence-electron chi connectivity index (χ2n) is 9.88. The average Bonchev–Trinajstić information content (AvgIpc) is 2.79. The highest BCUT2D eigenvalue weighted by molar-refractivity contribution is 8.00. The van der Waals surface area contributed by atoms with Crippen LogP contribution < -0.4 is 5.32 Å². The van der Waals surface area contributed by atoms with Gasteiger partial charge < -0.3 is 30.5 Å². The van der Waals surface area contributed by atoms with Crippen molar-refractivity contribution in [1.82, 2.24) is 5.32 Å². The molecule has 0 aromatic rings. The lowest BCUT2D eigenvalue weighted by Gasteiger charge is -2.44. The van der Waals surface area contributed by atoms with Gasteiger partial charge in [0.25, 0.3) is 0 Å². The Bertz CT molecular complexity index is 492. The Labute approximate surface area is 160 Å². The highest BCUT2D eigenvalue weighted by Crippen LogP contribution is 2.49. The van der Waals surface area contributed by atoms with E-state index < -0.39 is 29.9 Å². The molecule has 3 rings (SSSR count). The third kappa shape index (κ3) is 4.24. The van der Waals surface area contributed by atoms with Crippen molar-refractivity contribution in [1.29, 1.82) is 0 Å². The molecule has 0 amide bonds. The zero-order valence-electron chi connectivity index (χ0n) is 16.3. The molecule has 1 heterocycles. The number of rotatable bonds is 5. The van der Waals surface area contributed by atoms with Crippen molar-refractivity contribution in [2.75, 3.05) is 6.61 Å². The number of hydrogen-bond donors (Lipinski definition) is 5. The highest BCUT2D eigenvalue weighted by atomic mass is 32.2. The van der Waals surface area contributed by atoms with Crippen LogP contribution in [0.1, 0.15) is 53.4 Å². The molecule has 0 aromatic carbocycles. The van der Waals surface area contributed by atoms with Crippen LogP contribution in [0.4, 0.5) is 0 Å². The van der Waals surface area contributed by atoms with Gasteiger partial charge >= 0.3 is 0 Å². The van der Waals surface area contributed by atoms with Crippen LogP contribution in [-0.2, 0) is 4.74 Å². The van der Waals surface area contributed by atoms with Crippen LogP contribution in [0.3, 0.4) is 0 Å². The van der Waals surface area contributed by atoms with Crippen LogP contribution >= 0.6 is 11.8 Å². The van der Waals surface area contributed by atoms with Gasteiger partial charge in [-0.2, -0.15) is 0 Å². The lowest BCUT2D eigenvalue weighted by atomic mass is 9.68. The first-order valence-electron chi connectivity index (χ1n) is 9.74. The summed E-state index contributed by atoms with van der Waals surface area (Å²) in [6.45, 7) is 8.71. The van der Waals surface area contributed by atoms with Gasteiger partial charge in [-0.15, -0.1) is 11.8 Å². The third-order valence-electron chi connectivity index (χ3n) is 6.36. The predicted molar refractivity (Wildman–Crippen MR) is 102 cm³/mol. The van der Waals surface area contributed by atoms with Gasteiger partial charge in [-0.1, -0.05) is 27.7 Å². The Morgan fingerprint density at radius 2 is 1.62 bits per heavy atom. The van der Waals surface area contributed by atoms with Crippen molar-refractivity contribution in [2.45, 2.75) is 101 Å². The molecular weight excluding hydrogens is 354 g/mol. The molecule has 2 saturated carbocycles. The molecule has 2 aliphatic carbocycles. The quantitative estimate of drug-likeness (QED) is 0.475. The normalized spacial score (nSPS) is 45.5. The van der Waals surface area contributed by atoms with Gasteiger partial charge in [-0.05, 0) is 36.5 Å². The molecule has 1 saturated heterocycles. The van der Waals surface area contributed by atoms with Crippen LogP contribution in [0.25, 0.3) is 0 Å². The maximum absolute atomic E-state index is 10.3. The molecule has 5 N–H and O–H groups in total. The summed E-state index contributed by atoms with van der Waals surface area (Å²) in [7, 11) is 0. The summed E-state index contributed by atoms with van der Waals surface area (Å²) < 4.78 is 5.69. The molecule has 7 atom stereocenters. The van der Waals surface area contributed by atoms with Gasteiger partial charge in [0.1, 0.15) is 29.9 Å². The van der Waals surface area contributed by atoms with Crippen molar-refractivity contribution < 1.29 is 25.2 Å². The molecule has 6 nitrogen and oxygen atoms in total. The van der Waals surface area contributed by atoms with E-state index in [0.717, 1.165) is 12.8 Å². The van der Waals surface area contributed by atoms with Gasteiger partial charge in [-0.25, -0.2) is 0 Å². The van der Waals surface area contributed by atoms with Gasteiger partial charge in [0.2, 0.25) is 0 Å². The molecule has 0 aromatic heterocycles. The zero-order chi connectivity index (χ0) is 19.3. The highest BCUT2D eigenvalue weighted by Gasteiger charge is 2.49. The number of aliphatic hydroxyl groups excluding tert-OH is 4. The van der Waals surface area contributed by atoms with E-state index in [4.69, 9.17) is 4.74 Å². The summed E-state index contributed by atoms with van der Waals surface area (Å²) >= 11 is 1.53. The monoisotopic (exact) mass is 389 g/mol. The summed E-state index contributed by atoms with van der Waals surface area (Å²) in [6, 6.07) is 1.05. The zero-order valence-corrected chi connectivity index (χ0v) is 17.1. The molecule has 1 aliphatic heterocycles. The van der Waals surface area contributed by atoms with Crippen molar-refractivity contribution in [3.8, 4) is 0 Å². The second kappa shape index (κ2) is 7.50. The lowest BCUT2D eigenvalue weighted by molar-refractivity contribution is -0.205. The Hall–Kier alpha value is 0.110. The summed E-state index contributed by atoms with van der Waals surface area (Å²) in [5, 5.41) is 43.7. The molecule has 7 heteroatoms. The second-order valence-corrected chi connectivity index (χ2v) is 11.2. The topological polar surface area (TPSA) is 102 Å². The molecule has 2 unspecified atom stereocenters. The minimum Gasteiger partial charge on any atom is -0.394 e. The minimum atomic E-state index is -1.30. The molecule has 3 aliphatic rings. The van der Waals surface area contributed by atoms with Crippen molar-refractivity contribution in [2.24, 2.45) is 10.8 Å². The summed E-state index contributed by atoms with van der Waals surface area (Å²) in [5.41, 5.74) is -0.104. The van der Waals surface area contributed by atoms with E-state index >= 15 is 0 Å². The van der Waals surface area contributed by atoms with Crippen LogP contribution in [0.15, 0.2) is 0 Å². The third-order valence-corrected chi connectivity index (χ3v) is 8.18. The van der Waals surface area contributed by atoms with Crippen molar-refractivity contribution in [3.05, 3.63) is 0 Å². The Balaban J connectivity index is 1.58. The molecule has 3 fully saturated rings. The molecule has 26 heavy (non-hydrogen) atoms. The van der Waals surface area contributed by atoms with Crippen molar-refractivity contribution in [3.63, 3.8) is 0 Å². The smallest absolute Gasteiger partial charge is 0.132 e. The minimum absolute atomic E-state index is 0.0837. The van der Waals surface area contributed by atoms with E-state index in [0.29, 0.717) is 17.5 Å². The van der Waals surface area contributed by atoms with Crippen LogP contribution in [0.2, 0.25) is 0 Å². The Morgan fingerprint density at radius 3 is 2.19 bits per heavy atom. The van der Waals surface area contributed by atoms with Crippen LogP contribution in [0, 0.1) is 10.8 Å². The maximum Gasteiger partial charge on any atom is 0.132 e. The van der Waals surface area contributed by atoms with Gasteiger partial charge in [-0.3, -0.25) is 0 Å². The molecular formula is C19H35NO5S. The van der Waals surface area contributed by atoms with Crippen molar-refractivity contribution >= 4 is 11.8 Å². The molecule has 0 bridgehead atoms. The van der Waals surface area contributed by atoms with Gasteiger partial charge in [0.15, 0.2) is 0 Å².